The molecule has 9 heteroatoms. The molecule has 0 aliphatic heterocycles. The highest BCUT2D eigenvalue weighted by Crippen LogP contribution is 2.73. The highest BCUT2D eigenvalue weighted by molar-refractivity contribution is 6.35. The van der Waals surface area contributed by atoms with Gasteiger partial charge in [-0.05, 0) is 86.4 Å². The average Bonchev–Trinajstić information content (AvgIpc) is 3.38. The SMILES string of the molecule is CCOc1ccc(Oc2c(CO)c(C(=O)NC34CC5CC3C4C5)nn2-c2ccc(Cl)cc2Cl)cc1. The van der Waals surface area contributed by atoms with Crippen LogP contribution in [0.2, 0.25) is 10.0 Å². The lowest BCUT2D eigenvalue weighted by Gasteiger charge is -2.14. The maximum Gasteiger partial charge on any atom is 0.272 e. The lowest BCUT2D eigenvalue weighted by molar-refractivity contribution is 0.0919. The summed E-state index contributed by atoms with van der Waals surface area (Å²) in [6.07, 6.45) is 3.42. The van der Waals surface area contributed by atoms with E-state index in [-0.39, 0.29) is 23.0 Å². The van der Waals surface area contributed by atoms with Crippen LogP contribution in [0.1, 0.15) is 42.2 Å². The molecule has 4 fully saturated rings. The second kappa shape index (κ2) is 8.43. The van der Waals surface area contributed by atoms with Crippen LogP contribution >= 0.6 is 23.2 Å². The summed E-state index contributed by atoms with van der Waals surface area (Å²) in [5.74, 6) is 2.98. The topological polar surface area (TPSA) is 85.6 Å². The zero-order valence-corrected chi connectivity index (χ0v) is 20.6. The van der Waals surface area contributed by atoms with Crippen molar-refractivity contribution < 1.29 is 19.4 Å². The van der Waals surface area contributed by atoms with Crippen LogP contribution in [0, 0.1) is 17.8 Å². The number of aliphatic hydroxyl groups excluding tert-OH is 1. The number of halogens is 2. The zero-order valence-electron chi connectivity index (χ0n) is 19.1. The van der Waals surface area contributed by atoms with Crippen LogP contribution in [0.15, 0.2) is 42.5 Å². The molecule has 2 unspecified atom stereocenters. The maximum absolute atomic E-state index is 13.5. The minimum absolute atomic E-state index is 0.105. The van der Waals surface area contributed by atoms with E-state index in [2.05, 4.69) is 10.4 Å². The molecule has 0 radical (unpaired) electrons. The van der Waals surface area contributed by atoms with Crippen molar-refractivity contribution in [2.75, 3.05) is 6.61 Å². The van der Waals surface area contributed by atoms with Crippen LogP contribution in [0.5, 0.6) is 17.4 Å². The molecule has 1 amide bonds. The van der Waals surface area contributed by atoms with Crippen molar-refractivity contribution in [3.8, 4) is 23.1 Å². The van der Waals surface area contributed by atoms with Crippen molar-refractivity contribution in [3.63, 3.8) is 0 Å². The van der Waals surface area contributed by atoms with Gasteiger partial charge in [0.1, 0.15) is 11.5 Å². The van der Waals surface area contributed by atoms with Crippen molar-refractivity contribution in [1.82, 2.24) is 15.1 Å². The number of aromatic nitrogens is 2. The predicted molar refractivity (Wildman–Crippen MR) is 132 cm³/mol. The van der Waals surface area contributed by atoms with Gasteiger partial charge in [0, 0.05) is 10.6 Å². The number of aliphatic hydroxyl groups is 1. The van der Waals surface area contributed by atoms with E-state index in [9.17, 15) is 9.90 Å². The minimum atomic E-state index is -0.428. The summed E-state index contributed by atoms with van der Waals surface area (Å²) in [5, 5.41) is 19.0. The Morgan fingerprint density at radius 3 is 2.49 bits per heavy atom. The summed E-state index contributed by atoms with van der Waals surface area (Å²) in [6, 6.07) is 12.1. The highest BCUT2D eigenvalue weighted by Gasteiger charge is 2.75. The zero-order chi connectivity index (χ0) is 24.3. The first-order valence-electron chi connectivity index (χ1n) is 11.8. The number of ether oxygens (including phenoxy) is 2. The molecule has 3 aromatic rings. The Morgan fingerprint density at radius 1 is 1.17 bits per heavy atom. The highest BCUT2D eigenvalue weighted by atomic mass is 35.5. The third-order valence-corrected chi connectivity index (χ3v) is 8.18. The van der Waals surface area contributed by atoms with Crippen molar-refractivity contribution >= 4 is 29.1 Å². The first kappa shape index (κ1) is 22.7. The Labute approximate surface area is 212 Å². The predicted octanol–water partition coefficient (Wildman–Crippen LogP) is 5.39. The number of hydrogen-bond donors (Lipinski definition) is 2. The number of carbonyl (C=O) groups is 1. The van der Waals surface area contributed by atoms with E-state index >= 15 is 0 Å². The largest absolute Gasteiger partial charge is 0.494 e. The van der Waals surface area contributed by atoms with Gasteiger partial charge in [-0.1, -0.05) is 23.2 Å². The molecule has 4 aliphatic carbocycles. The molecular weight excluding hydrogens is 489 g/mol. The van der Waals surface area contributed by atoms with E-state index in [0.717, 1.165) is 6.42 Å². The van der Waals surface area contributed by atoms with Crippen molar-refractivity contribution in [1.29, 1.82) is 0 Å². The second-order valence-electron chi connectivity index (χ2n) is 9.55. The Morgan fingerprint density at radius 2 is 1.89 bits per heavy atom. The molecule has 4 aliphatic rings. The monoisotopic (exact) mass is 513 g/mol. The van der Waals surface area contributed by atoms with Gasteiger partial charge in [-0.3, -0.25) is 4.79 Å². The summed E-state index contributed by atoms with van der Waals surface area (Å²) in [7, 11) is 0. The first-order valence-corrected chi connectivity index (χ1v) is 12.6. The van der Waals surface area contributed by atoms with Crippen LogP contribution < -0.4 is 14.8 Å². The standard InChI is InChI=1S/C26H25Cl2N3O4/c1-2-34-16-4-6-17(7-5-16)35-25-18(13-32)23(30-31(25)22-8-3-15(27)11-21(22)28)24(33)29-26-12-14-9-19(26)20(26)10-14/h3-8,11,14,19-20,32H,2,9-10,12-13H2,1H3,(H,29,33). The molecule has 1 heterocycles. The van der Waals surface area contributed by atoms with Crippen LogP contribution in [-0.2, 0) is 6.61 Å². The van der Waals surface area contributed by atoms with Crippen molar-refractivity contribution in [3.05, 3.63) is 63.8 Å². The first-order chi connectivity index (χ1) is 16.9. The van der Waals surface area contributed by atoms with E-state index in [1.165, 1.54) is 17.5 Å². The number of benzene rings is 2. The quantitative estimate of drug-likeness (QED) is 0.421. The van der Waals surface area contributed by atoms with E-state index < -0.39 is 6.61 Å². The summed E-state index contributed by atoms with van der Waals surface area (Å²) in [6.45, 7) is 2.04. The van der Waals surface area contributed by atoms with Gasteiger partial charge in [0.15, 0.2) is 5.69 Å². The van der Waals surface area contributed by atoms with E-state index in [1.807, 2.05) is 6.92 Å². The van der Waals surface area contributed by atoms with Gasteiger partial charge in [0.05, 0.1) is 29.5 Å². The molecule has 2 atom stereocenters. The molecule has 0 spiro atoms. The number of nitrogens with one attached hydrogen (secondary N) is 1. The third kappa shape index (κ3) is 3.68. The molecular formula is C26H25Cl2N3O4. The van der Waals surface area contributed by atoms with Gasteiger partial charge in [-0.15, -0.1) is 0 Å². The molecule has 1 aromatic heterocycles. The molecule has 4 bridgehead atoms. The Kier molecular flexibility index (Phi) is 5.47. The summed E-state index contributed by atoms with van der Waals surface area (Å²) >= 11 is 12.6. The van der Waals surface area contributed by atoms with Gasteiger partial charge < -0.3 is 19.9 Å². The fourth-order valence-electron chi connectivity index (χ4n) is 6.19. The number of rotatable bonds is 8. The van der Waals surface area contributed by atoms with E-state index in [0.29, 0.717) is 57.2 Å². The molecule has 2 aromatic carbocycles. The summed E-state index contributed by atoms with van der Waals surface area (Å²) in [4.78, 5) is 13.5. The maximum atomic E-state index is 13.5. The lowest BCUT2D eigenvalue weighted by Crippen LogP contribution is -2.38. The molecule has 2 N–H and O–H groups in total. The molecule has 7 nitrogen and oxygen atoms in total. The molecule has 7 rings (SSSR count). The van der Waals surface area contributed by atoms with E-state index in [1.54, 1.807) is 42.5 Å². The van der Waals surface area contributed by atoms with Gasteiger partial charge in [-0.25, -0.2) is 0 Å². The number of amides is 1. The Balaban J connectivity index is 1.39. The molecule has 0 saturated heterocycles. The normalized spacial score (nSPS) is 25.5. The van der Waals surface area contributed by atoms with E-state index in [4.69, 9.17) is 32.7 Å². The molecule has 182 valence electrons. The van der Waals surface area contributed by atoms with Gasteiger partial charge in [0.25, 0.3) is 5.91 Å². The fraction of sp³-hybridized carbons (Fsp3) is 0.385. The second-order valence-corrected chi connectivity index (χ2v) is 10.4. The number of carbonyl (C=O) groups excluding carboxylic acids is 1. The van der Waals surface area contributed by atoms with Crippen LogP contribution in [0.4, 0.5) is 0 Å². The van der Waals surface area contributed by atoms with Crippen LogP contribution in [0.3, 0.4) is 0 Å². The molecule has 4 saturated carbocycles. The van der Waals surface area contributed by atoms with Crippen LogP contribution in [0.25, 0.3) is 5.69 Å². The van der Waals surface area contributed by atoms with Crippen LogP contribution in [-0.4, -0.2) is 32.9 Å². The summed E-state index contributed by atoms with van der Waals surface area (Å²) in [5.41, 5.74) is 0.799. The van der Waals surface area contributed by atoms with Crippen molar-refractivity contribution in [2.24, 2.45) is 17.8 Å². The molecule has 35 heavy (non-hydrogen) atoms. The third-order valence-electron chi connectivity index (χ3n) is 7.64. The average molecular weight is 514 g/mol. The summed E-state index contributed by atoms with van der Waals surface area (Å²) < 4.78 is 13.1. The lowest BCUT2D eigenvalue weighted by atomic mass is 10.1. The minimum Gasteiger partial charge on any atom is -0.494 e. The number of hydrogen-bond acceptors (Lipinski definition) is 5. The van der Waals surface area contributed by atoms with Gasteiger partial charge >= 0.3 is 0 Å². The number of nitrogens with zero attached hydrogens (tertiary/aromatic N) is 2. The van der Waals surface area contributed by atoms with Gasteiger partial charge in [-0.2, -0.15) is 9.78 Å². The van der Waals surface area contributed by atoms with Crippen molar-refractivity contribution in [2.45, 2.75) is 38.3 Å². The Hall–Kier alpha value is -2.74. The smallest absolute Gasteiger partial charge is 0.272 e. The Bertz CT molecular complexity index is 1290. The fourth-order valence-corrected chi connectivity index (χ4v) is 6.67. The van der Waals surface area contributed by atoms with Gasteiger partial charge in [0.2, 0.25) is 5.88 Å².